The molecule has 46 valence electrons. The summed E-state index contributed by atoms with van der Waals surface area (Å²) in [5.74, 6) is 0.926. The molecule has 0 unspecified atom stereocenters. The van der Waals surface area contributed by atoms with E-state index in [9.17, 15) is 0 Å². The van der Waals surface area contributed by atoms with Gasteiger partial charge in [0.15, 0.2) is 0 Å². The van der Waals surface area contributed by atoms with Crippen LogP contribution in [0.4, 0.5) is 5.82 Å². The quantitative estimate of drug-likeness (QED) is 0.541. The van der Waals surface area contributed by atoms with Gasteiger partial charge < -0.3 is 5.23 Å². The lowest BCUT2D eigenvalue weighted by Crippen LogP contribution is -1.93. The third-order valence-electron chi connectivity index (χ3n) is 1.14. The summed E-state index contributed by atoms with van der Waals surface area (Å²) in [6, 6.07) is 5.89. The van der Waals surface area contributed by atoms with E-state index in [1.54, 1.807) is 0 Å². The van der Waals surface area contributed by atoms with Gasteiger partial charge >= 0.3 is 0 Å². The molecule has 1 aromatic rings. The van der Waals surface area contributed by atoms with Crippen molar-refractivity contribution in [3.05, 3.63) is 23.9 Å². The minimum atomic E-state index is 0.926. The number of rotatable bonds is 1. The average molecular weight is 120 g/mol. The van der Waals surface area contributed by atoms with E-state index in [0.29, 0.717) is 0 Å². The fourth-order valence-electron chi connectivity index (χ4n) is 0.682. The molecule has 0 amide bonds. The van der Waals surface area contributed by atoms with Crippen molar-refractivity contribution in [3.63, 3.8) is 0 Å². The van der Waals surface area contributed by atoms with Gasteiger partial charge in [0.25, 0.3) is 0 Å². The zero-order valence-corrected chi connectivity index (χ0v) is 5.68. The van der Waals surface area contributed by atoms with Crippen LogP contribution in [0.25, 0.3) is 0 Å². The molecule has 0 aliphatic heterocycles. The lowest BCUT2D eigenvalue weighted by Gasteiger charge is -1.97. The van der Waals surface area contributed by atoms with E-state index in [2.05, 4.69) is 10.2 Å². The van der Waals surface area contributed by atoms with Gasteiger partial charge in [0, 0.05) is 5.69 Å². The molecule has 0 saturated heterocycles. The smallest absolute Gasteiger partial charge is 0.215 e. The largest absolute Gasteiger partial charge is 0.420 e. The predicted molar refractivity (Wildman–Crippen MR) is 41.1 cm³/mol. The molecular weight excluding hydrogens is 111 g/mol. The van der Waals surface area contributed by atoms with Crippen LogP contribution in [0.1, 0.15) is 5.69 Å². The van der Waals surface area contributed by atoms with E-state index in [4.69, 9.17) is 0 Å². The summed E-state index contributed by atoms with van der Waals surface area (Å²) in [5.41, 5.74) is 1.04. The topological polar surface area (TPSA) is 24.9 Å². The Hall–Kier alpha value is -0.985. The van der Waals surface area contributed by atoms with Crippen LogP contribution in [0.3, 0.4) is 0 Å². The Morgan fingerprint density at radius 3 is 2.78 bits per heavy atom. The van der Waals surface area contributed by atoms with Crippen LogP contribution in [-0.4, -0.2) is 13.0 Å². The van der Waals surface area contributed by atoms with E-state index in [-0.39, 0.29) is 0 Å². The molecular formula is C6H9BN2. The molecule has 0 aliphatic rings. The van der Waals surface area contributed by atoms with Gasteiger partial charge in [0.05, 0.1) is 0 Å². The third-order valence-corrected chi connectivity index (χ3v) is 1.14. The lowest BCUT2D eigenvalue weighted by atomic mass is 10.3. The molecule has 0 saturated carbocycles. The van der Waals surface area contributed by atoms with Crippen molar-refractivity contribution in [1.82, 2.24) is 4.98 Å². The Kier molecular flexibility index (Phi) is 1.73. The summed E-state index contributed by atoms with van der Waals surface area (Å²) < 4.78 is 0. The molecule has 0 spiro atoms. The highest BCUT2D eigenvalue weighted by Crippen LogP contribution is 2.00. The highest BCUT2D eigenvalue weighted by atomic mass is 14.9. The molecule has 0 radical (unpaired) electrons. The van der Waals surface area contributed by atoms with Crippen molar-refractivity contribution < 1.29 is 0 Å². The van der Waals surface area contributed by atoms with Crippen LogP contribution in [0.2, 0.25) is 0 Å². The minimum absolute atomic E-state index is 0.926. The Morgan fingerprint density at radius 1 is 1.56 bits per heavy atom. The molecule has 1 aromatic heterocycles. The first-order valence-electron chi connectivity index (χ1n) is 2.94. The predicted octanol–water partition coefficient (Wildman–Crippen LogP) is 0.350. The molecule has 0 aromatic carbocycles. The van der Waals surface area contributed by atoms with E-state index >= 15 is 0 Å². The number of nitrogens with zero attached hydrogens (tertiary/aromatic N) is 1. The van der Waals surface area contributed by atoms with Gasteiger partial charge in [-0.1, -0.05) is 6.07 Å². The summed E-state index contributed by atoms with van der Waals surface area (Å²) in [6.45, 7) is 1.97. The second-order valence-corrected chi connectivity index (χ2v) is 1.91. The van der Waals surface area contributed by atoms with E-state index in [0.717, 1.165) is 11.5 Å². The highest BCUT2D eigenvalue weighted by Gasteiger charge is 1.86. The molecule has 1 N–H and O–H groups in total. The minimum Gasteiger partial charge on any atom is -0.420 e. The molecule has 1 rings (SSSR count). The zero-order chi connectivity index (χ0) is 6.69. The molecule has 0 aliphatic carbocycles. The van der Waals surface area contributed by atoms with Crippen LogP contribution >= 0.6 is 0 Å². The Morgan fingerprint density at radius 2 is 2.33 bits per heavy atom. The van der Waals surface area contributed by atoms with Crippen LogP contribution in [0, 0.1) is 6.92 Å². The molecule has 3 heteroatoms. The monoisotopic (exact) mass is 120 g/mol. The maximum atomic E-state index is 4.18. The average Bonchev–Trinajstić information content (AvgIpc) is 1.88. The molecule has 0 atom stereocenters. The molecule has 0 fully saturated rings. The van der Waals surface area contributed by atoms with E-state index in [1.807, 2.05) is 33.1 Å². The summed E-state index contributed by atoms with van der Waals surface area (Å²) in [5, 5.41) is 2.96. The van der Waals surface area contributed by atoms with Gasteiger partial charge in [-0.3, -0.25) is 0 Å². The molecule has 0 bridgehead atoms. The Labute approximate surface area is 55.7 Å². The first-order valence-corrected chi connectivity index (χ1v) is 2.94. The maximum absolute atomic E-state index is 4.18. The van der Waals surface area contributed by atoms with E-state index < -0.39 is 0 Å². The summed E-state index contributed by atoms with van der Waals surface area (Å²) >= 11 is 0. The highest BCUT2D eigenvalue weighted by molar-refractivity contribution is 6.15. The van der Waals surface area contributed by atoms with Crippen LogP contribution in [-0.2, 0) is 0 Å². The van der Waals surface area contributed by atoms with Crippen LogP contribution in [0.5, 0.6) is 0 Å². The summed E-state index contributed by atoms with van der Waals surface area (Å²) in [6.07, 6.45) is 0. The van der Waals surface area contributed by atoms with Crippen molar-refractivity contribution >= 4 is 13.8 Å². The number of pyridine rings is 1. The van der Waals surface area contributed by atoms with E-state index in [1.165, 1.54) is 0 Å². The number of aromatic nitrogens is 1. The molecule has 9 heavy (non-hydrogen) atoms. The van der Waals surface area contributed by atoms with Crippen molar-refractivity contribution in [2.45, 2.75) is 6.92 Å². The third kappa shape index (κ3) is 1.45. The second kappa shape index (κ2) is 2.53. The molecule has 1 heterocycles. The van der Waals surface area contributed by atoms with Crippen molar-refractivity contribution in [2.75, 3.05) is 5.23 Å². The number of aryl methyl sites for hydroxylation is 1. The fraction of sp³-hybridized carbons (Fsp3) is 0.167. The first kappa shape index (κ1) is 6.14. The number of hydrogen-bond donors (Lipinski definition) is 1. The van der Waals surface area contributed by atoms with Gasteiger partial charge in [-0.05, 0) is 19.1 Å². The van der Waals surface area contributed by atoms with Crippen molar-refractivity contribution in [2.24, 2.45) is 0 Å². The second-order valence-electron chi connectivity index (χ2n) is 1.91. The number of hydrogen-bond acceptors (Lipinski definition) is 2. The molecule has 2 nitrogen and oxygen atoms in total. The van der Waals surface area contributed by atoms with Crippen LogP contribution < -0.4 is 5.23 Å². The van der Waals surface area contributed by atoms with Gasteiger partial charge in [0.2, 0.25) is 7.98 Å². The normalized spacial score (nSPS) is 9.00. The lowest BCUT2D eigenvalue weighted by molar-refractivity contribution is 1.21. The number of anilines is 1. The summed E-state index contributed by atoms with van der Waals surface area (Å²) in [4.78, 5) is 4.18. The Balaban J connectivity index is 2.94. The number of nitrogens with one attached hydrogen (secondary N) is 1. The van der Waals surface area contributed by atoms with Gasteiger partial charge in [-0.25, -0.2) is 4.98 Å². The van der Waals surface area contributed by atoms with Gasteiger partial charge in [-0.2, -0.15) is 0 Å². The van der Waals surface area contributed by atoms with Crippen molar-refractivity contribution in [3.8, 4) is 0 Å². The van der Waals surface area contributed by atoms with Gasteiger partial charge in [-0.15, -0.1) is 0 Å². The van der Waals surface area contributed by atoms with Gasteiger partial charge in [0.1, 0.15) is 5.82 Å². The SMILES string of the molecule is BNc1cccc(C)n1. The summed E-state index contributed by atoms with van der Waals surface area (Å²) in [7, 11) is 1.86. The standard InChI is InChI=1S/C6H9BN2/c1-5-3-2-4-6(8-5)9-7/h2-4H,7H2,1H3,(H,8,9). The fourth-order valence-corrected chi connectivity index (χ4v) is 0.682. The van der Waals surface area contributed by atoms with Crippen molar-refractivity contribution in [1.29, 1.82) is 0 Å². The Bertz CT molecular complexity index is 200. The maximum Gasteiger partial charge on any atom is 0.215 e. The van der Waals surface area contributed by atoms with Crippen LogP contribution in [0.15, 0.2) is 18.2 Å². The zero-order valence-electron chi connectivity index (χ0n) is 5.68. The first-order chi connectivity index (χ1) is 4.33.